The van der Waals surface area contributed by atoms with Gasteiger partial charge in [0, 0.05) is 17.4 Å². The Bertz CT molecular complexity index is 1080. The van der Waals surface area contributed by atoms with E-state index >= 15 is 0 Å². The van der Waals surface area contributed by atoms with Crippen molar-refractivity contribution in [1.29, 1.82) is 0 Å². The molecule has 1 aromatic carbocycles. The number of aryl methyl sites for hydroxylation is 2. The van der Waals surface area contributed by atoms with Crippen molar-refractivity contribution in [3.8, 4) is 11.3 Å². The lowest BCUT2D eigenvalue weighted by atomic mass is 10.1. The second-order valence-corrected chi connectivity index (χ2v) is 7.86. The van der Waals surface area contributed by atoms with Gasteiger partial charge in [-0.1, -0.05) is 41.6 Å². The van der Waals surface area contributed by atoms with E-state index in [1.165, 1.54) is 11.3 Å². The van der Waals surface area contributed by atoms with Crippen molar-refractivity contribution >= 4 is 40.1 Å². The van der Waals surface area contributed by atoms with Crippen LogP contribution in [0.5, 0.6) is 0 Å². The highest BCUT2D eigenvalue weighted by Crippen LogP contribution is 2.25. The number of hydrogen-bond donors (Lipinski definition) is 3. The lowest BCUT2D eigenvalue weighted by Crippen LogP contribution is -2.19. The molecule has 0 fully saturated rings. The molecule has 0 saturated carbocycles. The van der Waals surface area contributed by atoms with Crippen LogP contribution in [0.3, 0.4) is 0 Å². The third-order valence-corrected chi connectivity index (χ3v) is 5.38. The predicted octanol–water partition coefficient (Wildman–Crippen LogP) is 2.34. The van der Waals surface area contributed by atoms with Crippen LogP contribution in [-0.4, -0.2) is 42.9 Å². The van der Waals surface area contributed by atoms with Crippen molar-refractivity contribution in [1.82, 2.24) is 20.2 Å². The highest BCUT2D eigenvalue weighted by Gasteiger charge is 2.11. The molecule has 150 valence electrons. The Morgan fingerprint density at radius 3 is 2.69 bits per heavy atom. The van der Waals surface area contributed by atoms with E-state index < -0.39 is 11.5 Å². The number of anilines is 1. The highest BCUT2D eigenvalue weighted by atomic mass is 32.2. The maximum atomic E-state index is 12.1. The summed E-state index contributed by atoms with van der Waals surface area (Å²) in [6.45, 7) is 2.01. The number of aliphatic carboxylic acids is 1. The molecule has 0 radical (unpaired) electrons. The lowest BCUT2D eigenvalue weighted by Gasteiger charge is -2.02. The van der Waals surface area contributed by atoms with Crippen molar-refractivity contribution in [2.45, 2.75) is 24.9 Å². The number of thioether (sulfide) groups is 1. The first kappa shape index (κ1) is 20.7. The van der Waals surface area contributed by atoms with Gasteiger partial charge in [0.1, 0.15) is 5.69 Å². The van der Waals surface area contributed by atoms with Gasteiger partial charge in [0.15, 0.2) is 10.3 Å². The molecule has 0 saturated heterocycles. The number of nitrogens with zero attached hydrogens (tertiary/aromatic N) is 3. The van der Waals surface area contributed by atoms with Gasteiger partial charge in [-0.3, -0.25) is 19.4 Å². The molecule has 3 N–H and O–H groups in total. The summed E-state index contributed by atoms with van der Waals surface area (Å²) in [5, 5.41) is 21.5. The molecule has 0 spiro atoms. The minimum Gasteiger partial charge on any atom is -0.481 e. The number of rotatable bonds is 8. The molecule has 3 aromatic rings. The number of nitrogens with one attached hydrogen (secondary N) is 2. The lowest BCUT2D eigenvalue weighted by molar-refractivity contribution is -0.137. The van der Waals surface area contributed by atoms with Gasteiger partial charge in [-0.05, 0) is 6.92 Å². The topological polar surface area (TPSA) is 138 Å². The Balaban J connectivity index is 1.54. The summed E-state index contributed by atoms with van der Waals surface area (Å²) in [6.07, 6.45) is -0.207. The molecule has 3 rings (SSSR count). The molecule has 0 atom stereocenters. The van der Waals surface area contributed by atoms with Crippen LogP contribution >= 0.6 is 23.1 Å². The first-order chi connectivity index (χ1) is 13.9. The van der Waals surface area contributed by atoms with Crippen LogP contribution < -0.4 is 10.9 Å². The second-order valence-electron chi connectivity index (χ2n) is 6.04. The number of hydrogen-bond acceptors (Lipinski definition) is 8. The number of amides is 1. The summed E-state index contributed by atoms with van der Waals surface area (Å²) >= 11 is 2.34. The van der Waals surface area contributed by atoms with Crippen LogP contribution in [-0.2, 0) is 16.0 Å². The Kier molecular flexibility index (Phi) is 6.73. The Morgan fingerprint density at radius 2 is 2.00 bits per heavy atom. The Labute approximate surface area is 173 Å². The number of thiazole rings is 1. The molecule has 0 aliphatic carbocycles. The number of carboxylic acid groups (broad SMARTS) is 1. The van der Waals surface area contributed by atoms with E-state index in [-0.39, 0.29) is 35.4 Å². The van der Waals surface area contributed by atoms with E-state index in [0.29, 0.717) is 5.13 Å². The molecule has 0 aliphatic heterocycles. The first-order valence-electron chi connectivity index (χ1n) is 8.53. The van der Waals surface area contributed by atoms with Crippen LogP contribution in [0.2, 0.25) is 0 Å². The second kappa shape index (κ2) is 9.43. The molecule has 2 aromatic heterocycles. The molecule has 11 heteroatoms. The van der Waals surface area contributed by atoms with Crippen LogP contribution in [0.1, 0.15) is 17.7 Å². The fourth-order valence-corrected chi connectivity index (χ4v) is 3.62. The fourth-order valence-electron chi connectivity index (χ4n) is 2.28. The van der Waals surface area contributed by atoms with Gasteiger partial charge in [-0.15, -0.1) is 21.5 Å². The molecule has 2 heterocycles. The fraction of sp³-hybridized carbons (Fsp3) is 0.222. The maximum absolute atomic E-state index is 12.1. The molecular formula is C18H17N5O4S2. The summed E-state index contributed by atoms with van der Waals surface area (Å²) in [4.78, 5) is 41.5. The number of carbonyl (C=O) groups is 2. The van der Waals surface area contributed by atoms with Gasteiger partial charge in [0.25, 0.3) is 5.56 Å². The van der Waals surface area contributed by atoms with Gasteiger partial charge in [-0.25, -0.2) is 4.98 Å². The van der Waals surface area contributed by atoms with E-state index in [0.717, 1.165) is 28.6 Å². The van der Waals surface area contributed by atoms with Crippen LogP contribution in [0.4, 0.5) is 5.13 Å². The van der Waals surface area contributed by atoms with E-state index in [1.807, 2.05) is 36.6 Å². The van der Waals surface area contributed by atoms with Crippen LogP contribution in [0, 0.1) is 6.92 Å². The third-order valence-electron chi connectivity index (χ3n) is 3.76. The summed E-state index contributed by atoms with van der Waals surface area (Å²) in [6, 6.07) is 7.94. The number of carbonyl (C=O) groups excluding carboxylic acids is 1. The third kappa shape index (κ3) is 5.96. The monoisotopic (exact) mass is 431 g/mol. The largest absolute Gasteiger partial charge is 0.481 e. The number of benzene rings is 1. The number of H-pyrrole nitrogens is 1. The average Bonchev–Trinajstić information content (AvgIpc) is 3.14. The van der Waals surface area contributed by atoms with Gasteiger partial charge in [-0.2, -0.15) is 0 Å². The molecule has 9 nitrogen and oxygen atoms in total. The Hall–Kier alpha value is -3.05. The zero-order chi connectivity index (χ0) is 20.8. The SMILES string of the molecule is Cc1ccc(-c2csc(NC(=O)CSc3nnc(CCC(=O)O)c(=O)[nH]3)n2)cc1. The zero-order valence-corrected chi connectivity index (χ0v) is 17.0. The van der Waals surface area contributed by atoms with Gasteiger partial charge < -0.3 is 10.4 Å². The summed E-state index contributed by atoms with van der Waals surface area (Å²) in [7, 11) is 0. The number of carboxylic acids is 1. The summed E-state index contributed by atoms with van der Waals surface area (Å²) in [5.74, 6) is -1.30. The molecule has 29 heavy (non-hydrogen) atoms. The van der Waals surface area contributed by atoms with Gasteiger partial charge in [0.05, 0.1) is 17.9 Å². The van der Waals surface area contributed by atoms with Crippen molar-refractivity contribution in [2.75, 3.05) is 11.1 Å². The van der Waals surface area contributed by atoms with Crippen molar-refractivity contribution in [3.05, 3.63) is 51.3 Å². The molecule has 0 unspecified atom stereocenters. The van der Waals surface area contributed by atoms with Crippen molar-refractivity contribution < 1.29 is 14.7 Å². The first-order valence-corrected chi connectivity index (χ1v) is 10.4. The van der Waals surface area contributed by atoms with Crippen molar-refractivity contribution in [2.24, 2.45) is 0 Å². The predicted molar refractivity (Wildman–Crippen MR) is 110 cm³/mol. The van der Waals surface area contributed by atoms with Crippen LogP contribution in [0.25, 0.3) is 11.3 Å². The minimum absolute atomic E-state index is 0.00351. The summed E-state index contributed by atoms with van der Waals surface area (Å²) in [5.41, 5.74) is 2.45. The zero-order valence-electron chi connectivity index (χ0n) is 15.3. The average molecular weight is 431 g/mol. The molecule has 0 bridgehead atoms. The molecule has 1 amide bonds. The van der Waals surface area contributed by atoms with Gasteiger partial charge >= 0.3 is 5.97 Å². The van der Waals surface area contributed by atoms with E-state index in [1.54, 1.807) is 0 Å². The maximum Gasteiger partial charge on any atom is 0.303 e. The van der Waals surface area contributed by atoms with Crippen LogP contribution in [0.15, 0.2) is 39.6 Å². The smallest absolute Gasteiger partial charge is 0.303 e. The van der Waals surface area contributed by atoms with Crippen molar-refractivity contribution in [3.63, 3.8) is 0 Å². The normalized spacial score (nSPS) is 10.7. The quantitative estimate of drug-likeness (QED) is 0.462. The summed E-state index contributed by atoms with van der Waals surface area (Å²) < 4.78 is 0. The minimum atomic E-state index is -1.02. The van der Waals surface area contributed by atoms with E-state index in [4.69, 9.17) is 5.11 Å². The molecule has 0 aliphatic rings. The number of aromatic nitrogens is 4. The Morgan fingerprint density at radius 1 is 1.24 bits per heavy atom. The van der Waals surface area contributed by atoms with E-state index in [9.17, 15) is 14.4 Å². The standard InChI is InChI=1S/C18H17N5O4S2/c1-10-2-4-11(5-3-10)13-8-28-17(19-13)20-14(24)9-29-18-21-16(27)12(22-23-18)6-7-15(25)26/h2-5,8H,6-7,9H2,1H3,(H,25,26)(H,19,20,24)(H,21,23,27). The van der Waals surface area contributed by atoms with Gasteiger partial charge in [0.2, 0.25) is 5.91 Å². The highest BCUT2D eigenvalue weighted by molar-refractivity contribution is 7.99. The number of aromatic amines is 1. The molecular weight excluding hydrogens is 414 g/mol. The van der Waals surface area contributed by atoms with E-state index in [2.05, 4.69) is 25.5 Å².